The molecule has 1 N–H and O–H groups in total. The van der Waals surface area contributed by atoms with Gasteiger partial charge in [-0.15, -0.1) is 0 Å². The van der Waals surface area contributed by atoms with Crippen LogP contribution in [0.1, 0.15) is 24.1 Å². The zero-order valence-electron chi connectivity index (χ0n) is 12.1. The summed E-state index contributed by atoms with van der Waals surface area (Å²) in [5.41, 5.74) is 3.18. The Labute approximate surface area is 123 Å². The van der Waals surface area contributed by atoms with Crippen LogP contribution in [0.2, 0.25) is 0 Å². The molecule has 110 valence electrons. The van der Waals surface area contributed by atoms with Crippen molar-refractivity contribution in [1.29, 1.82) is 0 Å². The first-order valence-corrected chi connectivity index (χ1v) is 6.69. The lowest BCUT2D eigenvalue weighted by Crippen LogP contribution is -2.08. The number of hydrogen-bond acceptors (Lipinski definition) is 4. The summed E-state index contributed by atoms with van der Waals surface area (Å²) in [6, 6.07) is 14.6. The van der Waals surface area contributed by atoms with Gasteiger partial charge in [0.25, 0.3) is 5.69 Å². The molecule has 0 radical (unpaired) electrons. The van der Waals surface area contributed by atoms with E-state index in [0.29, 0.717) is 6.61 Å². The summed E-state index contributed by atoms with van der Waals surface area (Å²) in [5.74, 6) is 0. The number of rotatable bonds is 6. The molecule has 0 fully saturated rings. The normalized spacial score (nSPS) is 11.9. The van der Waals surface area contributed by atoms with E-state index >= 15 is 0 Å². The molecule has 0 heterocycles. The van der Waals surface area contributed by atoms with Crippen molar-refractivity contribution in [1.82, 2.24) is 0 Å². The Bertz CT molecular complexity index is 611. The molecule has 0 saturated heterocycles. The molecule has 21 heavy (non-hydrogen) atoms. The number of nitro benzene ring substituents is 1. The van der Waals surface area contributed by atoms with E-state index in [1.165, 1.54) is 12.1 Å². The molecule has 2 aromatic carbocycles. The highest BCUT2D eigenvalue weighted by Gasteiger charge is 2.10. The number of nitrogens with zero attached hydrogens (tertiary/aromatic N) is 1. The molecule has 2 rings (SSSR count). The van der Waals surface area contributed by atoms with E-state index in [9.17, 15) is 10.1 Å². The standard InChI is InChI=1S/C16H18N2O3/c1-12(13-7-9-15(10-8-13)18(19)20)17-16-6-4-3-5-14(16)11-21-2/h3-10,12,17H,11H2,1-2H3. The number of para-hydroxylation sites is 1. The second kappa shape index (κ2) is 6.85. The van der Waals surface area contributed by atoms with Crippen LogP contribution in [0.5, 0.6) is 0 Å². The Kier molecular flexibility index (Phi) is 4.90. The van der Waals surface area contributed by atoms with Crippen molar-refractivity contribution in [2.24, 2.45) is 0 Å². The molecule has 0 amide bonds. The van der Waals surface area contributed by atoms with Gasteiger partial charge in [0.15, 0.2) is 0 Å². The predicted octanol–water partition coefficient (Wildman–Crippen LogP) is 3.91. The van der Waals surface area contributed by atoms with Crippen LogP contribution in [0.15, 0.2) is 48.5 Å². The van der Waals surface area contributed by atoms with Crippen LogP contribution in [-0.4, -0.2) is 12.0 Å². The van der Waals surface area contributed by atoms with Gasteiger partial charge in [-0.05, 0) is 18.6 Å². The van der Waals surface area contributed by atoms with Crippen molar-refractivity contribution in [3.63, 3.8) is 0 Å². The average Bonchev–Trinajstić information content (AvgIpc) is 2.49. The second-order valence-electron chi connectivity index (χ2n) is 4.80. The summed E-state index contributed by atoms with van der Waals surface area (Å²) in [6.07, 6.45) is 0. The van der Waals surface area contributed by atoms with E-state index in [2.05, 4.69) is 5.32 Å². The van der Waals surface area contributed by atoms with Gasteiger partial charge < -0.3 is 10.1 Å². The fourth-order valence-corrected chi connectivity index (χ4v) is 2.14. The Morgan fingerprint density at radius 3 is 2.48 bits per heavy atom. The molecular formula is C16H18N2O3. The summed E-state index contributed by atoms with van der Waals surface area (Å²) in [7, 11) is 1.66. The Morgan fingerprint density at radius 2 is 1.86 bits per heavy atom. The van der Waals surface area contributed by atoms with Crippen LogP contribution >= 0.6 is 0 Å². The minimum absolute atomic E-state index is 0.0452. The number of non-ortho nitro benzene ring substituents is 1. The minimum Gasteiger partial charge on any atom is -0.380 e. The number of nitrogens with one attached hydrogen (secondary N) is 1. The lowest BCUT2D eigenvalue weighted by molar-refractivity contribution is -0.384. The molecular weight excluding hydrogens is 268 g/mol. The van der Waals surface area contributed by atoms with Gasteiger partial charge in [0.05, 0.1) is 11.5 Å². The van der Waals surface area contributed by atoms with Crippen molar-refractivity contribution in [3.05, 3.63) is 69.8 Å². The van der Waals surface area contributed by atoms with Crippen molar-refractivity contribution >= 4 is 11.4 Å². The van der Waals surface area contributed by atoms with Gasteiger partial charge in [-0.25, -0.2) is 0 Å². The highest BCUT2D eigenvalue weighted by atomic mass is 16.6. The molecule has 5 heteroatoms. The van der Waals surface area contributed by atoms with E-state index in [1.807, 2.05) is 31.2 Å². The lowest BCUT2D eigenvalue weighted by atomic mass is 10.1. The maximum Gasteiger partial charge on any atom is 0.269 e. The van der Waals surface area contributed by atoms with Crippen LogP contribution in [-0.2, 0) is 11.3 Å². The number of nitro groups is 1. The van der Waals surface area contributed by atoms with Crippen LogP contribution in [0.3, 0.4) is 0 Å². The van der Waals surface area contributed by atoms with Crippen LogP contribution in [0, 0.1) is 10.1 Å². The monoisotopic (exact) mass is 286 g/mol. The molecule has 2 aromatic rings. The fourth-order valence-electron chi connectivity index (χ4n) is 2.14. The molecule has 5 nitrogen and oxygen atoms in total. The van der Waals surface area contributed by atoms with Crippen molar-refractivity contribution in [3.8, 4) is 0 Å². The average molecular weight is 286 g/mol. The zero-order chi connectivity index (χ0) is 15.2. The van der Waals surface area contributed by atoms with Crippen molar-refractivity contribution in [2.45, 2.75) is 19.6 Å². The van der Waals surface area contributed by atoms with Gasteiger partial charge in [-0.3, -0.25) is 10.1 Å². The molecule has 0 aliphatic heterocycles. The van der Waals surface area contributed by atoms with E-state index in [1.54, 1.807) is 19.2 Å². The third-order valence-corrected chi connectivity index (χ3v) is 3.29. The number of anilines is 1. The van der Waals surface area contributed by atoms with Crippen LogP contribution in [0.25, 0.3) is 0 Å². The Balaban J connectivity index is 2.14. The predicted molar refractivity (Wildman–Crippen MR) is 82.3 cm³/mol. The molecule has 0 bridgehead atoms. The molecule has 1 unspecified atom stereocenters. The number of hydrogen-bond donors (Lipinski definition) is 1. The summed E-state index contributed by atoms with van der Waals surface area (Å²) in [4.78, 5) is 10.3. The molecule has 0 saturated carbocycles. The van der Waals surface area contributed by atoms with Gasteiger partial charge >= 0.3 is 0 Å². The van der Waals surface area contributed by atoms with E-state index in [0.717, 1.165) is 16.8 Å². The minimum atomic E-state index is -0.393. The molecule has 0 aliphatic rings. The van der Waals surface area contributed by atoms with Gasteiger partial charge in [-0.1, -0.05) is 30.3 Å². The lowest BCUT2D eigenvalue weighted by Gasteiger charge is -2.18. The maximum absolute atomic E-state index is 10.7. The van der Waals surface area contributed by atoms with Crippen LogP contribution < -0.4 is 5.32 Å². The largest absolute Gasteiger partial charge is 0.380 e. The number of methoxy groups -OCH3 is 1. The Hall–Kier alpha value is -2.40. The van der Waals surface area contributed by atoms with Gasteiger partial charge in [0.2, 0.25) is 0 Å². The number of benzene rings is 2. The summed E-state index contributed by atoms with van der Waals surface area (Å²) < 4.78 is 5.18. The molecule has 0 spiro atoms. The van der Waals surface area contributed by atoms with E-state index < -0.39 is 4.92 Å². The summed E-state index contributed by atoms with van der Waals surface area (Å²) in [6.45, 7) is 2.56. The molecule has 1 atom stereocenters. The third kappa shape index (κ3) is 3.79. The smallest absolute Gasteiger partial charge is 0.269 e. The number of ether oxygens (including phenoxy) is 1. The topological polar surface area (TPSA) is 64.4 Å². The van der Waals surface area contributed by atoms with E-state index in [4.69, 9.17) is 4.74 Å². The van der Waals surface area contributed by atoms with Gasteiger partial charge in [0.1, 0.15) is 0 Å². The Morgan fingerprint density at radius 1 is 1.19 bits per heavy atom. The fraction of sp³-hybridized carbons (Fsp3) is 0.250. The van der Waals surface area contributed by atoms with E-state index in [-0.39, 0.29) is 11.7 Å². The summed E-state index contributed by atoms with van der Waals surface area (Å²) in [5, 5.41) is 14.1. The maximum atomic E-state index is 10.7. The highest BCUT2D eigenvalue weighted by Crippen LogP contribution is 2.24. The third-order valence-electron chi connectivity index (χ3n) is 3.29. The summed E-state index contributed by atoms with van der Waals surface area (Å²) >= 11 is 0. The molecule has 0 aromatic heterocycles. The first kappa shape index (κ1) is 15.0. The SMILES string of the molecule is COCc1ccccc1NC(C)c1ccc([N+](=O)[O-])cc1. The first-order valence-electron chi connectivity index (χ1n) is 6.69. The van der Waals surface area contributed by atoms with Crippen molar-refractivity contribution in [2.75, 3.05) is 12.4 Å². The van der Waals surface area contributed by atoms with Crippen LogP contribution in [0.4, 0.5) is 11.4 Å². The quantitative estimate of drug-likeness (QED) is 0.646. The second-order valence-corrected chi connectivity index (χ2v) is 4.80. The van der Waals surface area contributed by atoms with Crippen molar-refractivity contribution < 1.29 is 9.66 Å². The molecule has 0 aliphatic carbocycles. The highest BCUT2D eigenvalue weighted by molar-refractivity contribution is 5.52. The van der Waals surface area contributed by atoms with Gasteiger partial charge in [-0.2, -0.15) is 0 Å². The first-order chi connectivity index (χ1) is 10.1. The van der Waals surface area contributed by atoms with Gasteiger partial charge in [0, 0.05) is 36.5 Å². The zero-order valence-corrected chi connectivity index (χ0v) is 12.1.